The van der Waals surface area contributed by atoms with Gasteiger partial charge in [0.25, 0.3) is 5.56 Å². The Kier molecular flexibility index (Phi) is 6.10. The van der Waals surface area contributed by atoms with E-state index in [0.29, 0.717) is 33.2 Å². The maximum atomic E-state index is 13.3. The Morgan fingerprint density at radius 2 is 1.78 bits per heavy atom. The number of ketones is 1. The van der Waals surface area contributed by atoms with Crippen LogP contribution in [0.15, 0.2) is 59.0 Å². The molecule has 4 aromatic rings. The first-order chi connectivity index (χ1) is 15.4. The topological polar surface area (TPSA) is 70.4 Å². The summed E-state index contributed by atoms with van der Waals surface area (Å²) >= 11 is 1.43. The normalized spacial score (nSPS) is 11.2. The van der Waals surface area contributed by atoms with E-state index < -0.39 is 0 Å². The van der Waals surface area contributed by atoms with E-state index in [1.54, 1.807) is 18.2 Å². The van der Waals surface area contributed by atoms with Crippen LogP contribution >= 0.6 is 11.3 Å². The van der Waals surface area contributed by atoms with Crippen molar-refractivity contribution in [2.45, 2.75) is 26.3 Å². The number of nitrogens with zero attached hydrogens (tertiary/aromatic N) is 2. The smallest absolute Gasteiger partial charge is 0.263 e. The highest BCUT2D eigenvalue weighted by molar-refractivity contribution is 7.17. The summed E-state index contributed by atoms with van der Waals surface area (Å²) < 4.78 is 11.9. The molecular weight excluding hydrogens is 424 g/mol. The molecule has 2 heterocycles. The molecule has 4 rings (SSSR count). The highest BCUT2D eigenvalue weighted by Gasteiger charge is 2.17. The molecule has 0 atom stereocenters. The van der Waals surface area contributed by atoms with Gasteiger partial charge >= 0.3 is 0 Å². The zero-order chi connectivity index (χ0) is 22.8. The Morgan fingerprint density at radius 3 is 2.44 bits per heavy atom. The Labute approximate surface area is 190 Å². The lowest BCUT2D eigenvalue weighted by atomic mass is 9.99. The van der Waals surface area contributed by atoms with Gasteiger partial charge in [-0.1, -0.05) is 38.1 Å². The Morgan fingerprint density at radius 1 is 1.06 bits per heavy atom. The minimum Gasteiger partial charge on any atom is -0.493 e. The molecule has 32 heavy (non-hydrogen) atoms. The molecule has 164 valence electrons. The number of rotatable bonds is 7. The predicted molar refractivity (Wildman–Crippen MR) is 127 cm³/mol. The van der Waals surface area contributed by atoms with E-state index in [2.05, 4.69) is 31.0 Å². The maximum absolute atomic E-state index is 13.3. The van der Waals surface area contributed by atoms with Crippen molar-refractivity contribution in [2.75, 3.05) is 14.2 Å². The van der Waals surface area contributed by atoms with E-state index >= 15 is 0 Å². The molecule has 2 aromatic heterocycles. The Bertz CT molecular complexity index is 1340. The lowest BCUT2D eigenvalue weighted by Gasteiger charge is -2.10. The molecule has 0 aliphatic rings. The second-order valence-corrected chi connectivity index (χ2v) is 8.63. The molecule has 0 N–H and O–H groups in total. The van der Waals surface area contributed by atoms with E-state index in [0.717, 1.165) is 11.1 Å². The van der Waals surface area contributed by atoms with Crippen molar-refractivity contribution in [3.63, 3.8) is 0 Å². The second-order valence-electron chi connectivity index (χ2n) is 7.78. The summed E-state index contributed by atoms with van der Waals surface area (Å²) in [4.78, 5) is 31.3. The van der Waals surface area contributed by atoms with Gasteiger partial charge in [-0.2, -0.15) is 0 Å². The van der Waals surface area contributed by atoms with Gasteiger partial charge in [0.2, 0.25) is 0 Å². The number of methoxy groups -OCH3 is 2. The van der Waals surface area contributed by atoms with Gasteiger partial charge in [-0.05, 0) is 35.2 Å². The summed E-state index contributed by atoms with van der Waals surface area (Å²) in [7, 11) is 3.05. The van der Waals surface area contributed by atoms with E-state index in [1.807, 2.05) is 17.5 Å². The van der Waals surface area contributed by atoms with E-state index in [9.17, 15) is 9.59 Å². The number of benzene rings is 2. The minimum atomic E-state index is -0.229. The number of hydrogen-bond donors (Lipinski definition) is 0. The van der Waals surface area contributed by atoms with Crippen molar-refractivity contribution in [2.24, 2.45) is 0 Å². The van der Waals surface area contributed by atoms with Gasteiger partial charge in [-0.15, -0.1) is 11.3 Å². The molecule has 0 aliphatic carbocycles. The van der Waals surface area contributed by atoms with Crippen LogP contribution in [0.25, 0.3) is 21.3 Å². The molecule has 0 bridgehead atoms. The lowest BCUT2D eigenvalue weighted by molar-refractivity contribution is 0.0970. The van der Waals surface area contributed by atoms with Crippen molar-refractivity contribution in [3.05, 3.63) is 75.7 Å². The first kappa shape index (κ1) is 21.8. The zero-order valence-electron chi connectivity index (χ0n) is 18.4. The van der Waals surface area contributed by atoms with Gasteiger partial charge in [0.15, 0.2) is 17.3 Å². The van der Waals surface area contributed by atoms with Crippen molar-refractivity contribution >= 4 is 27.3 Å². The average Bonchev–Trinajstić information content (AvgIpc) is 3.25. The third kappa shape index (κ3) is 4.03. The number of fused-ring (bicyclic) bond motifs is 1. The summed E-state index contributed by atoms with van der Waals surface area (Å²) in [5.74, 6) is 1.22. The maximum Gasteiger partial charge on any atom is 0.263 e. The first-order valence-corrected chi connectivity index (χ1v) is 11.1. The van der Waals surface area contributed by atoms with E-state index in [4.69, 9.17) is 9.47 Å². The van der Waals surface area contributed by atoms with Crippen molar-refractivity contribution in [3.8, 4) is 22.6 Å². The van der Waals surface area contributed by atoms with Gasteiger partial charge < -0.3 is 9.47 Å². The van der Waals surface area contributed by atoms with Crippen molar-refractivity contribution < 1.29 is 14.3 Å². The van der Waals surface area contributed by atoms with Gasteiger partial charge in [0, 0.05) is 16.5 Å². The average molecular weight is 449 g/mol. The molecule has 0 amide bonds. The van der Waals surface area contributed by atoms with Crippen LogP contribution in [0.2, 0.25) is 0 Å². The first-order valence-electron chi connectivity index (χ1n) is 10.2. The molecule has 0 saturated heterocycles. The summed E-state index contributed by atoms with van der Waals surface area (Å²) in [5, 5.41) is 2.49. The molecule has 0 aliphatic heterocycles. The minimum absolute atomic E-state index is 0.112. The number of hydrogen-bond acceptors (Lipinski definition) is 6. The van der Waals surface area contributed by atoms with Crippen LogP contribution in [-0.2, 0) is 6.54 Å². The second kappa shape index (κ2) is 8.96. The molecule has 0 saturated carbocycles. The van der Waals surface area contributed by atoms with Gasteiger partial charge in [-0.3, -0.25) is 14.2 Å². The van der Waals surface area contributed by atoms with Crippen LogP contribution in [0, 0.1) is 0 Å². The fraction of sp³-hybridized carbons (Fsp3) is 0.240. The van der Waals surface area contributed by atoms with Gasteiger partial charge in [-0.25, -0.2) is 4.98 Å². The van der Waals surface area contributed by atoms with Gasteiger partial charge in [0.1, 0.15) is 4.83 Å². The standard InChI is InChI=1S/C25H24N2O4S/c1-15(2)16-5-7-17(8-6-16)19-13-32-24-23(19)25(29)27(14-26-24)12-20(28)18-9-10-21(30-3)22(11-18)31-4/h5-11,13-15H,12H2,1-4H3. The Hall–Kier alpha value is -3.45. The number of aromatic nitrogens is 2. The summed E-state index contributed by atoms with van der Waals surface area (Å²) in [6.45, 7) is 4.18. The van der Waals surface area contributed by atoms with Crippen molar-refractivity contribution in [1.82, 2.24) is 9.55 Å². The van der Waals surface area contributed by atoms with E-state index in [-0.39, 0.29) is 17.9 Å². The van der Waals surface area contributed by atoms with Crippen LogP contribution in [0.4, 0.5) is 0 Å². The number of carbonyl (C=O) groups is 1. The summed E-state index contributed by atoms with van der Waals surface area (Å²) in [6.07, 6.45) is 1.44. The quantitative estimate of drug-likeness (QED) is 0.366. The fourth-order valence-electron chi connectivity index (χ4n) is 3.60. The van der Waals surface area contributed by atoms with Crippen LogP contribution in [0.1, 0.15) is 35.7 Å². The van der Waals surface area contributed by atoms with Gasteiger partial charge in [0.05, 0.1) is 32.5 Å². The highest BCUT2D eigenvalue weighted by atomic mass is 32.1. The predicted octanol–water partition coefficient (Wildman–Crippen LogP) is 5.15. The number of ether oxygens (including phenoxy) is 2. The van der Waals surface area contributed by atoms with Crippen LogP contribution in [0.3, 0.4) is 0 Å². The summed E-state index contributed by atoms with van der Waals surface area (Å²) in [5.41, 5.74) is 3.25. The molecule has 0 fully saturated rings. The Balaban J connectivity index is 1.69. The number of thiophene rings is 1. The van der Waals surface area contributed by atoms with Crippen LogP contribution < -0.4 is 15.0 Å². The third-order valence-electron chi connectivity index (χ3n) is 5.47. The van der Waals surface area contributed by atoms with Crippen LogP contribution in [-0.4, -0.2) is 29.6 Å². The van der Waals surface area contributed by atoms with E-state index in [1.165, 1.54) is 42.0 Å². The SMILES string of the molecule is COc1ccc(C(=O)Cn2cnc3scc(-c4ccc(C(C)C)cc4)c3c2=O)cc1OC. The largest absolute Gasteiger partial charge is 0.493 e. The number of carbonyl (C=O) groups excluding carboxylic acids is 1. The molecule has 0 radical (unpaired) electrons. The third-order valence-corrected chi connectivity index (χ3v) is 6.35. The fourth-order valence-corrected chi connectivity index (χ4v) is 4.50. The van der Waals surface area contributed by atoms with Crippen molar-refractivity contribution in [1.29, 1.82) is 0 Å². The molecule has 2 aromatic carbocycles. The molecule has 0 unspecified atom stereocenters. The molecule has 6 nitrogen and oxygen atoms in total. The van der Waals surface area contributed by atoms with Crippen LogP contribution in [0.5, 0.6) is 11.5 Å². The molecule has 0 spiro atoms. The number of Topliss-reactive ketones (excluding diaryl/α,β-unsaturated/α-hetero) is 1. The zero-order valence-corrected chi connectivity index (χ0v) is 19.2. The lowest BCUT2D eigenvalue weighted by Crippen LogP contribution is -2.24. The summed E-state index contributed by atoms with van der Waals surface area (Å²) in [6, 6.07) is 13.2. The molecule has 7 heteroatoms. The molecular formula is C25H24N2O4S. The highest BCUT2D eigenvalue weighted by Crippen LogP contribution is 2.32. The monoisotopic (exact) mass is 448 g/mol.